The Morgan fingerprint density at radius 2 is 0.594 bits per heavy atom. The topological polar surface area (TPSA) is 111 Å². The van der Waals surface area contributed by atoms with Crippen molar-refractivity contribution in [3.63, 3.8) is 0 Å². The highest BCUT2D eigenvalue weighted by molar-refractivity contribution is 7.45. The Labute approximate surface area is 595 Å². The number of ether oxygens (including phenoxy) is 2. The number of carbonyl (C=O) groups excluding carboxylic acids is 2. The minimum absolute atomic E-state index is 0.0313. The lowest BCUT2D eigenvalue weighted by atomic mass is 10.0. The van der Waals surface area contributed by atoms with Crippen LogP contribution in [0, 0.1) is 0 Å². The minimum Gasteiger partial charge on any atom is -0.756 e. The van der Waals surface area contributed by atoms with Crippen LogP contribution >= 0.6 is 7.82 Å². The summed E-state index contributed by atoms with van der Waals surface area (Å²) in [6.07, 6.45) is 107. The van der Waals surface area contributed by atoms with Crippen LogP contribution in [0.15, 0.2) is 97.2 Å². The lowest BCUT2D eigenvalue weighted by Gasteiger charge is -2.28. The second-order valence-electron chi connectivity index (χ2n) is 28.8. The average Bonchev–Trinajstić information content (AvgIpc) is 1.97. The van der Waals surface area contributed by atoms with Gasteiger partial charge < -0.3 is 27.9 Å². The van der Waals surface area contributed by atoms with Crippen LogP contribution in [0.2, 0.25) is 0 Å². The second kappa shape index (κ2) is 76.1. The van der Waals surface area contributed by atoms with E-state index >= 15 is 0 Å². The summed E-state index contributed by atoms with van der Waals surface area (Å²) in [5.74, 6) is -0.818. The van der Waals surface area contributed by atoms with Gasteiger partial charge in [-0.05, 0) is 96.3 Å². The zero-order valence-electron chi connectivity index (χ0n) is 63.8. The molecule has 0 aromatic heterocycles. The van der Waals surface area contributed by atoms with Crippen molar-refractivity contribution >= 4 is 19.8 Å². The summed E-state index contributed by atoms with van der Waals surface area (Å²) in [6.45, 7) is 4.17. The largest absolute Gasteiger partial charge is 0.756 e. The standard InChI is InChI=1S/C86H156NO8P/c1-6-8-10-12-14-16-18-20-22-24-26-28-30-32-34-36-38-39-40-41-42-43-44-45-46-47-49-50-52-54-56-58-60-62-64-66-68-70-72-74-76-78-85(88)92-82-84(83-94-96(90,91)93-81-80-87(3,4)5)95-86(89)79-77-75-73-71-69-67-65-63-61-59-57-55-53-51-48-37-35-33-31-29-27-25-23-21-19-17-15-13-11-9-7-2/h9,11,15,17-18,20-21,23-24,26-27,29-30,32-33,35,84H,6-8,10,12-14,16,19,22,25,28,31,34,36-83H2,1-5H3/b11-9-,17-15-,20-18-,23-21-,26-24-,29-27-,32-30-,35-33-. The van der Waals surface area contributed by atoms with Gasteiger partial charge in [0.15, 0.2) is 6.10 Å². The summed E-state index contributed by atoms with van der Waals surface area (Å²) in [7, 11) is 1.18. The molecule has 0 aliphatic carbocycles. The molecule has 0 radical (unpaired) electrons. The molecular weight excluding hydrogens is 1210 g/mol. The molecule has 0 fully saturated rings. The van der Waals surface area contributed by atoms with Crippen molar-refractivity contribution in [2.24, 2.45) is 0 Å². The zero-order valence-corrected chi connectivity index (χ0v) is 64.7. The molecule has 96 heavy (non-hydrogen) atoms. The Bertz CT molecular complexity index is 1940. The normalized spacial score (nSPS) is 13.5. The summed E-state index contributed by atoms with van der Waals surface area (Å²) < 4.78 is 34.4. The van der Waals surface area contributed by atoms with Crippen LogP contribution < -0.4 is 4.89 Å². The number of quaternary nitrogens is 1. The van der Waals surface area contributed by atoms with Crippen LogP contribution in [-0.2, 0) is 32.7 Å². The molecule has 0 aliphatic heterocycles. The van der Waals surface area contributed by atoms with Gasteiger partial charge in [-0.15, -0.1) is 0 Å². The fourth-order valence-corrected chi connectivity index (χ4v) is 12.6. The SMILES string of the molecule is CC/C=C\C/C=C\C/C=C\C/C=C\C/C=C\CCCCCCCCCCCCCCCCCC(=O)OC(COC(=O)CCCCCCCCCCCCCCCCCCCCCCCCCCCC/C=C\C/C=C\C/C=C\CCCCCCC)COP(=O)([O-])OCC[N+](C)(C)C. The van der Waals surface area contributed by atoms with Crippen molar-refractivity contribution in [3.05, 3.63) is 97.2 Å². The fourth-order valence-electron chi connectivity index (χ4n) is 11.9. The van der Waals surface area contributed by atoms with E-state index in [4.69, 9.17) is 18.5 Å². The molecule has 0 aromatic rings. The predicted molar refractivity (Wildman–Crippen MR) is 416 cm³/mol. The molecule has 0 N–H and O–H groups in total. The van der Waals surface area contributed by atoms with Crippen LogP contribution in [0.1, 0.15) is 386 Å². The van der Waals surface area contributed by atoms with Crippen LogP contribution in [0.5, 0.6) is 0 Å². The van der Waals surface area contributed by atoms with Gasteiger partial charge in [0.1, 0.15) is 19.8 Å². The van der Waals surface area contributed by atoms with E-state index in [-0.39, 0.29) is 32.0 Å². The van der Waals surface area contributed by atoms with Gasteiger partial charge >= 0.3 is 11.9 Å². The number of hydrogen-bond acceptors (Lipinski definition) is 8. The molecule has 0 saturated heterocycles. The molecule has 0 spiro atoms. The quantitative estimate of drug-likeness (QED) is 0.0195. The lowest BCUT2D eigenvalue weighted by Crippen LogP contribution is -2.37. The Hall–Kier alpha value is -3.07. The zero-order chi connectivity index (χ0) is 69.7. The Balaban J connectivity index is 3.90. The van der Waals surface area contributed by atoms with Crippen molar-refractivity contribution in [3.8, 4) is 0 Å². The van der Waals surface area contributed by atoms with E-state index in [1.54, 1.807) is 0 Å². The molecule has 0 saturated carbocycles. The highest BCUT2D eigenvalue weighted by atomic mass is 31.2. The third kappa shape index (κ3) is 79.9. The van der Waals surface area contributed by atoms with Crippen LogP contribution in [0.3, 0.4) is 0 Å². The molecule has 0 heterocycles. The maximum Gasteiger partial charge on any atom is 0.306 e. The van der Waals surface area contributed by atoms with Crippen molar-refractivity contribution in [1.29, 1.82) is 0 Å². The molecule has 0 aromatic carbocycles. The Kier molecular flexibility index (Phi) is 73.7. The van der Waals surface area contributed by atoms with Crippen LogP contribution in [0.4, 0.5) is 0 Å². The third-order valence-electron chi connectivity index (χ3n) is 18.1. The highest BCUT2D eigenvalue weighted by Gasteiger charge is 2.22. The maximum absolute atomic E-state index is 12.9. The summed E-state index contributed by atoms with van der Waals surface area (Å²) >= 11 is 0. The highest BCUT2D eigenvalue weighted by Crippen LogP contribution is 2.38. The number of hydrogen-bond donors (Lipinski definition) is 0. The smallest absolute Gasteiger partial charge is 0.306 e. The molecular formula is C86H156NO8P. The molecule has 2 atom stereocenters. The predicted octanol–water partition coefficient (Wildman–Crippen LogP) is 26.8. The van der Waals surface area contributed by atoms with Gasteiger partial charge in [0.05, 0.1) is 27.7 Å². The van der Waals surface area contributed by atoms with Gasteiger partial charge in [-0.3, -0.25) is 14.2 Å². The van der Waals surface area contributed by atoms with Gasteiger partial charge in [-0.1, -0.05) is 374 Å². The monoisotopic (exact) mass is 1360 g/mol. The molecule has 0 rings (SSSR count). The van der Waals surface area contributed by atoms with E-state index in [1.807, 2.05) is 21.1 Å². The van der Waals surface area contributed by atoms with Gasteiger partial charge in [0.25, 0.3) is 7.82 Å². The number of unbranched alkanes of at least 4 members (excludes halogenated alkanes) is 46. The fraction of sp³-hybridized carbons (Fsp3) is 0.791. The number of carbonyl (C=O) groups is 2. The van der Waals surface area contributed by atoms with Gasteiger partial charge in [0, 0.05) is 12.8 Å². The number of allylic oxidation sites excluding steroid dienone is 16. The number of likely N-dealkylation sites (N-methyl/N-ethyl adjacent to an activating group) is 1. The van der Waals surface area contributed by atoms with Crippen LogP contribution in [-0.4, -0.2) is 70.0 Å². The first-order chi connectivity index (χ1) is 47.0. The molecule has 0 aliphatic rings. The van der Waals surface area contributed by atoms with Crippen molar-refractivity contribution in [1.82, 2.24) is 0 Å². The minimum atomic E-state index is -4.65. The van der Waals surface area contributed by atoms with Gasteiger partial charge in [-0.2, -0.15) is 0 Å². The van der Waals surface area contributed by atoms with E-state index in [1.165, 1.54) is 270 Å². The summed E-state index contributed by atoms with van der Waals surface area (Å²) in [6, 6.07) is 0. The number of esters is 2. The number of phosphoric acid groups is 1. The second-order valence-corrected chi connectivity index (χ2v) is 30.2. The van der Waals surface area contributed by atoms with E-state index in [9.17, 15) is 19.0 Å². The molecule has 0 bridgehead atoms. The summed E-state index contributed by atoms with van der Waals surface area (Å²) in [5, 5.41) is 0. The average molecular weight is 1360 g/mol. The molecule has 10 heteroatoms. The Morgan fingerprint density at radius 1 is 0.333 bits per heavy atom. The van der Waals surface area contributed by atoms with Crippen LogP contribution in [0.25, 0.3) is 0 Å². The first-order valence-corrected chi connectivity index (χ1v) is 42.4. The third-order valence-corrected chi connectivity index (χ3v) is 19.1. The molecule has 9 nitrogen and oxygen atoms in total. The molecule has 0 amide bonds. The van der Waals surface area contributed by atoms with Crippen molar-refractivity contribution in [2.45, 2.75) is 392 Å². The maximum atomic E-state index is 12.9. The van der Waals surface area contributed by atoms with E-state index in [0.29, 0.717) is 17.4 Å². The molecule has 558 valence electrons. The van der Waals surface area contributed by atoms with Gasteiger partial charge in [-0.25, -0.2) is 0 Å². The Morgan fingerprint density at radius 3 is 0.885 bits per heavy atom. The van der Waals surface area contributed by atoms with E-state index in [2.05, 4.69) is 111 Å². The summed E-state index contributed by atoms with van der Waals surface area (Å²) in [5.41, 5.74) is 0. The first-order valence-electron chi connectivity index (χ1n) is 40.9. The van der Waals surface area contributed by atoms with Crippen molar-refractivity contribution in [2.75, 3.05) is 47.5 Å². The number of phosphoric ester groups is 1. The number of nitrogens with zero attached hydrogens (tertiary/aromatic N) is 1. The molecule has 2 unspecified atom stereocenters. The van der Waals surface area contributed by atoms with E-state index in [0.717, 1.165) is 83.5 Å². The lowest BCUT2D eigenvalue weighted by molar-refractivity contribution is -0.870. The van der Waals surface area contributed by atoms with Crippen molar-refractivity contribution < 1.29 is 42.1 Å². The first kappa shape index (κ1) is 92.9. The number of rotatable bonds is 76. The van der Waals surface area contributed by atoms with Gasteiger partial charge in [0.2, 0.25) is 0 Å². The summed E-state index contributed by atoms with van der Waals surface area (Å²) in [4.78, 5) is 38.2. The van der Waals surface area contributed by atoms with E-state index < -0.39 is 26.5 Å².